The summed E-state index contributed by atoms with van der Waals surface area (Å²) in [7, 11) is 3.35. The number of nitrogens with zero attached hydrogens (tertiary/aromatic N) is 2. The molecule has 3 aromatic carbocycles. The fourth-order valence-electron chi connectivity index (χ4n) is 3.87. The van der Waals surface area contributed by atoms with Crippen molar-refractivity contribution >= 4 is 21.8 Å². The first kappa shape index (κ1) is 18.1. The summed E-state index contributed by atoms with van der Waals surface area (Å²) in [6.07, 6.45) is 3.70. The van der Waals surface area contributed by atoms with Crippen LogP contribution in [0.2, 0.25) is 0 Å². The third-order valence-electron chi connectivity index (χ3n) is 5.42. The van der Waals surface area contributed by atoms with Gasteiger partial charge in [-0.3, -0.25) is 9.97 Å². The van der Waals surface area contributed by atoms with Crippen LogP contribution >= 0.6 is 0 Å². The highest BCUT2D eigenvalue weighted by molar-refractivity contribution is 6.11. The fourth-order valence-corrected chi connectivity index (χ4v) is 3.87. The lowest BCUT2D eigenvalue weighted by Crippen LogP contribution is -1.91. The predicted octanol–water partition coefficient (Wildman–Crippen LogP) is 6.13. The van der Waals surface area contributed by atoms with Crippen molar-refractivity contribution in [2.24, 2.45) is 0 Å². The van der Waals surface area contributed by atoms with Crippen molar-refractivity contribution in [2.45, 2.75) is 0 Å². The van der Waals surface area contributed by atoms with Gasteiger partial charge < -0.3 is 9.47 Å². The second kappa shape index (κ2) is 7.48. The normalized spacial score (nSPS) is 11.0. The number of rotatable bonds is 4. The molecule has 0 unspecified atom stereocenters. The van der Waals surface area contributed by atoms with Crippen LogP contribution in [0.25, 0.3) is 44.1 Å². The summed E-state index contributed by atoms with van der Waals surface area (Å²) in [4.78, 5) is 9.37. The van der Waals surface area contributed by atoms with E-state index >= 15 is 0 Å². The zero-order valence-corrected chi connectivity index (χ0v) is 16.8. The van der Waals surface area contributed by atoms with Gasteiger partial charge in [0, 0.05) is 23.2 Å². The molecule has 0 aliphatic heterocycles. The highest BCUT2D eigenvalue weighted by Gasteiger charge is 2.12. The second-order valence-corrected chi connectivity index (χ2v) is 7.03. The van der Waals surface area contributed by atoms with Crippen LogP contribution in [0.1, 0.15) is 0 Å². The van der Waals surface area contributed by atoms with E-state index < -0.39 is 0 Å². The highest BCUT2D eigenvalue weighted by atomic mass is 16.5. The first-order chi connectivity index (χ1) is 14.8. The molecule has 0 saturated heterocycles. The first-order valence-electron chi connectivity index (χ1n) is 9.74. The highest BCUT2D eigenvalue weighted by Crippen LogP contribution is 2.35. The Hall–Kier alpha value is -3.92. The Kier molecular flexibility index (Phi) is 4.52. The van der Waals surface area contributed by atoms with Crippen LogP contribution in [-0.2, 0) is 0 Å². The topological polar surface area (TPSA) is 44.2 Å². The third kappa shape index (κ3) is 3.03. The zero-order chi connectivity index (χ0) is 20.5. The van der Waals surface area contributed by atoms with E-state index in [9.17, 15) is 0 Å². The Labute approximate surface area is 174 Å². The van der Waals surface area contributed by atoms with Gasteiger partial charge >= 0.3 is 0 Å². The molecule has 0 atom stereocenters. The Morgan fingerprint density at radius 2 is 0.900 bits per heavy atom. The van der Waals surface area contributed by atoms with E-state index in [1.165, 1.54) is 0 Å². The lowest BCUT2D eigenvalue weighted by Gasteiger charge is -2.11. The van der Waals surface area contributed by atoms with Crippen LogP contribution < -0.4 is 9.47 Å². The molecule has 0 N–H and O–H groups in total. The van der Waals surface area contributed by atoms with Crippen molar-refractivity contribution in [1.82, 2.24) is 9.97 Å². The smallest absolute Gasteiger partial charge is 0.118 e. The maximum Gasteiger partial charge on any atom is 0.118 e. The molecule has 0 radical (unpaired) electrons. The number of benzene rings is 3. The van der Waals surface area contributed by atoms with Gasteiger partial charge in [0.15, 0.2) is 0 Å². The lowest BCUT2D eigenvalue weighted by molar-refractivity contribution is 0.415. The molecular weight excluding hydrogens is 372 g/mol. The quantitative estimate of drug-likeness (QED) is 0.345. The number of aromatic nitrogens is 2. The van der Waals surface area contributed by atoms with E-state index in [1.54, 1.807) is 14.2 Å². The van der Waals surface area contributed by atoms with Crippen LogP contribution in [-0.4, -0.2) is 24.2 Å². The van der Waals surface area contributed by atoms with Crippen LogP contribution in [0.4, 0.5) is 0 Å². The molecule has 0 spiro atoms. The average Bonchev–Trinajstić information content (AvgIpc) is 2.83. The van der Waals surface area contributed by atoms with Crippen LogP contribution in [0.5, 0.6) is 11.5 Å². The molecule has 4 heteroatoms. The number of pyridine rings is 2. The third-order valence-corrected chi connectivity index (χ3v) is 5.42. The molecule has 0 fully saturated rings. The summed E-state index contributed by atoms with van der Waals surface area (Å²) < 4.78 is 10.6. The maximum absolute atomic E-state index is 5.29. The molecule has 30 heavy (non-hydrogen) atoms. The Morgan fingerprint density at radius 1 is 0.500 bits per heavy atom. The van der Waals surface area contributed by atoms with E-state index in [0.29, 0.717) is 0 Å². The molecule has 4 nitrogen and oxygen atoms in total. The maximum atomic E-state index is 5.29. The van der Waals surface area contributed by atoms with Crippen LogP contribution in [0.3, 0.4) is 0 Å². The van der Waals surface area contributed by atoms with Crippen molar-refractivity contribution in [3.05, 3.63) is 85.2 Å². The largest absolute Gasteiger partial charge is 0.497 e. The van der Waals surface area contributed by atoms with Crippen molar-refractivity contribution in [3.63, 3.8) is 0 Å². The number of hydrogen-bond acceptors (Lipinski definition) is 4. The van der Waals surface area contributed by atoms with Gasteiger partial charge in [0.2, 0.25) is 0 Å². The molecule has 146 valence electrons. The SMILES string of the molecule is COc1ccc(-c2ccnc3c2ccc2c(-c4ccc(OC)cc4)ccnc23)cc1. The van der Waals surface area contributed by atoms with E-state index in [1.807, 2.05) is 48.8 Å². The van der Waals surface area contributed by atoms with Gasteiger partial charge in [0.25, 0.3) is 0 Å². The van der Waals surface area contributed by atoms with Gasteiger partial charge in [-0.05, 0) is 58.7 Å². The van der Waals surface area contributed by atoms with Gasteiger partial charge in [-0.2, -0.15) is 0 Å². The van der Waals surface area contributed by atoms with Gasteiger partial charge in [0.05, 0.1) is 25.3 Å². The Bertz CT molecular complexity index is 1240. The van der Waals surface area contributed by atoms with Crippen LogP contribution in [0, 0.1) is 0 Å². The van der Waals surface area contributed by atoms with Gasteiger partial charge in [-0.25, -0.2) is 0 Å². The van der Waals surface area contributed by atoms with Crippen molar-refractivity contribution in [3.8, 4) is 33.8 Å². The van der Waals surface area contributed by atoms with Gasteiger partial charge in [0.1, 0.15) is 11.5 Å². The summed E-state index contributed by atoms with van der Waals surface area (Å²) in [5, 5.41) is 2.16. The molecule has 5 aromatic rings. The molecule has 0 bridgehead atoms. The molecule has 5 rings (SSSR count). The molecule has 0 aliphatic rings. The number of fused-ring (bicyclic) bond motifs is 3. The van der Waals surface area contributed by atoms with Gasteiger partial charge in [-0.15, -0.1) is 0 Å². The predicted molar refractivity (Wildman–Crippen MR) is 121 cm³/mol. The van der Waals surface area contributed by atoms with E-state index in [0.717, 1.165) is 55.6 Å². The second-order valence-electron chi connectivity index (χ2n) is 7.03. The molecule has 0 saturated carbocycles. The molecule has 0 aliphatic carbocycles. The summed E-state index contributed by atoms with van der Waals surface area (Å²) in [5.74, 6) is 1.68. The summed E-state index contributed by atoms with van der Waals surface area (Å²) in [6.45, 7) is 0. The van der Waals surface area contributed by atoms with Crippen molar-refractivity contribution in [2.75, 3.05) is 14.2 Å². The number of hydrogen-bond donors (Lipinski definition) is 0. The van der Waals surface area contributed by atoms with Crippen molar-refractivity contribution in [1.29, 1.82) is 0 Å². The van der Waals surface area contributed by atoms with Crippen LogP contribution in [0.15, 0.2) is 85.2 Å². The summed E-state index contributed by atoms with van der Waals surface area (Å²) in [6, 6.07) is 24.5. The van der Waals surface area contributed by atoms with Gasteiger partial charge in [-0.1, -0.05) is 36.4 Å². The van der Waals surface area contributed by atoms with E-state index in [2.05, 4.69) is 46.4 Å². The summed E-state index contributed by atoms with van der Waals surface area (Å²) >= 11 is 0. The average molecular weight is 392 g/mol. The molecule has 2 aromatic heterocycles. The van der Waals surface area contributed by atoms with E-state index in [4.69, 9.17) is 9.47 Å². The summed E-state index contributed by atoms with van der Waals surface area (Å²) in [5.41, 5.74) is 6.29. The Balaban J connectivity index is 1.70. The zero-order valence-electron chi connectivity index (χ0n) is 16.8. The number of ether oxygens (including phenoxy) is 2. The number of methoxy groups -OCH3 is 2. The van der Waals surface area contributed by atoms with Crippen molar-refractivity contribution < 1.29 is 9.47 Å². The fraction of sp³-hybridized carbons (Fsp3) is 0.0769. The minimum absolute atomic E-state index is 0.841. The minimum Gasteiger partial charge on any atom is -0.497 e. The minimum atomic E-state index is 0.841. The lowest BCUT2D eigenvalue weighted by atomic mass is 9.96. The monoisotopic (exact) mass is 392 g/mol. The van der Waals surface area contributed by atoms with E-state index in [-0.39, 0.29) is 0 Å². The molecule has 2 heterocycles. The standard InChI is InChI=1S/C26H20N2O2/c1-29-19-7-3-17(4-8-19)21-13-15-27-25-23(21)11-12-24-22(14-16-28-26(24)25)18-5-9-20(30-2)10-6-18/h3-16H,1-2H3. The molecule has 0 amide bonds. The Morgan fingerprint density at radius 3 is 1.27 bits per heavy atom. The molecular formula is C26H20N2O2. The first-order valence-corrected chi connectivity index (χ1v) is 9.74.